The summed E-state index contributed by atoms with van der Waals surface area (Å²) in [6.07, 6.45) is 5.36. The molecule has 1 aromatic carbocycles. The van der Waals surface area contributed by atoms with Crippen molar-refractivity contribution >= 4 is 16.8 Å². The van der Waals surface area contributed by atoms with Gasteiger partial charge < -0.3 is 4.98 Å². The molecule has 47 heavy (non-hydrogen) atoms. The largest absolute Gasteiger partial charge is 1.00 e. The molecule has 0 fully saturated rings. The first kappa shape index (κ1) is 37.1. The second kappa shape index (κ2) is 16.5. The third kappa shape index (κ3) is 9.37. The topological polar surface area (TPSA) is 91.4 Å². The molecule has 0 atom stereocenters. The third-order valence-electron chi connectivity index (χ3n) is 7.76. The predicted octanol–water partition coefficient (Wildman–Crippen LogP) is 8.24. The van der Waals surface area contributed by atoms with E-state index in [1.54, 1.807) is 24.4 Å². The van der Waals surface area contributed by atoms with Crippen molar-refractivity contribution in [2.45, 2.75) is 62.3 Å². The van der Waals surface area contributed by atoms with Crippen LogP contribution in [0.1, 0.15) is 61.0 Å². The fourth-order valence-corrected chi connectivity index (χ4v) is 4.70. The van der Waals surface area contributed by atoms with Crippen molar-refractivity contribution in [3.05, 3.63) is 135 Å². The van der Waals surface area contributed by atoms with Crippen molar-refractivity contribution in [2.75, 3.05) is 0 Å². The molecule has 0 bridgehead atoms. The maximum atomic E-state index is 11.0. The summed E-state index contributed by atoms with van der Waals surface area (Å²) in [4.78, 5) is 23.9. The van der Waals surface area contributed by atoms with E-state index in [4.69, 9.17) is 11.6 Å². The molecular formula is C37H39ClN7OOs. The van der Waals surface area contributed by atoms with Gasteiger partial charge in [-0.15, -0.1) is 29.8 Å². The number of rotatable bonds is 4. The fraction of sp³-hybridized carbons (Fsp3) is 0.243. The van der Waals surface area contributed by atoms with E-state index < -0.39 is 5.24 Å². The van der Waals surface area contributed by atoms with Gasteiger partial charge in [-0.2, -0.15) is 10.2 Å². The number of hydrogen-bond donors (Lipinski definition) is 0. The molecule has 0 saturated heterocycles. The molecule has 0 aliphatic heterocycles. The Hall–Kier alpha value is -4.31. The van der Waals surface area contributed by atoms with Gasteiger partial charge in [-0.25, -0.2) is 19.3 Å². The number of hydrogen-bond acceptors (Lipinski definition) is 6. The van der Waals surface area contributed by atoms with Crippen LogP contribution in [0.3, 0.4) is 0 Å². The maximum absolute atomic E-state index is 11.0. The average Bonchev–Trinajstić information content (AvgIpc) is 3.45. The van der Waals surface area contributed by atoms with Crippen LogP contribution < -0.4 is 0 Å². The molecule has 6 aromatic rings. The number of carbonyl (C=O) groups excluding carboxylic acids is 1. The molecule has 5 aromatic heterocycles. The normalized spacial score (nSPS) is 10.3. The minimum absolute atomic E-state index is 0. The third-order valence-corrected chi connectivity index (χ3v) is 7.98. The van der Waals surface area contributed by atoms with Crippen LogP contribution in [0.25, 0.3) is 22.9 Å². The first-order chi connectivity index (χ1) is 21.8. The molecule has 5 heterocycles. The molecule has 0 unspecified atom stereocenters. The standard InChI is InChI=1S/C13H9ClNO.2C12H15N3.Os/c1-9-5-6-15-12(7-9)10-3-2-4-11(8-10)13(14)16;2*1-8-5-6-13-12(7-8)15-11(4)9(2)10(3)14-15;/h2,4-8H,1H3;2*5-7H,1-4H3;/q-1;;;+1. The number of carbonyl (C=O) groups is 1. The van der Waals surface area contributed by atoms with Gasteiger partial charge in [-0.05, 0) is 138 Å². The number of benzene rings is 1. The first-order valence-electron chi connectivity index (χ1n) is 14.9. The van der Waals surface area contributed by atoms with Crippen LogP contribution in [0.15, 0.2) is 73.2 Å². The summed E-state index contributed by atoms with van der Waals surface area (Å²) < 4.78 is 3.80. The first-order valence-corrected chi connectivity index (χ1v) is 15.3. The van der Waals surface area contributed by atoms with E-state index >= 15 is 0 Å². The molecule has 0 N–H and O–H groups in total. The van der Waals surface area contributed by atoms with Crippen LogP contribution in [-0.2, 0) is 19.8 Å². The molecule has 0 aliphatic rings. The molecule has 0 aliphatic carbocycles. The van der Waals surface area contributed by atoms with Crippen LogP contribution >= 0.6 is 11.6 Å². The van der Waals surface area contributed by atoms with E-state index in [2.05, 4.69) is 72.8 Å². The number of aryl methyl sites for hydroxylation is 5. The summed E-state index contributed by atoms with van der Waals surface area (Å²) in [5.41, 5.74) is 12.4. The molecular weight excluding hydrogens is 784 g/mol. The van der Waals surface area contributed by atoms with Crippen LogP contribution in [0.2, 0.25) is 0 Å². The van der Waals surface area contributed by atoms with Gasteiger partial charge in [0.05, 0.1) is 11.4 Å². The van der Waals surface area contributed by atoms with Crippen molar-refractivity contribution in [2.24, 2.45) is 0 Å². The Kier molecular flexibility index (Phi) is 13.0. The number of nitrogens with zero attached hydrogens (tertiary/aromatic N) is 7. The van der Waals surface area contributed by atoms with Crippen molar-refractivity contribution in [3.8, 4) is 22.9 Å². The van der Waals surface area contributed by atoms with Crippen LogP contribution in [0.4, 0.5) is 0 Å². The van der Waals surface area contributed by atoms with Gasteiger partial charge in [0.15, 0.2) is 11.6 Å². The zero-order valence-electron chi connectivity index (χ0n) is 28.2. The van der Waals surface area contributed by atoms with Gasteiger partial charge in [-0.3, -0.25) is 4.79 Å². The smallest absolute Gasteiger partial charge is 0.305 e. The molecule has 10 heteroatoms. The van der Waals surface area contributed by atoms with E-state index in [0.717, 1.165) is 51.2 Å². The van der Waals surface area contributed by atoms with Gasteiger partial charge in [0.2, 0.25) is 5.24 Å². The van der Waals surface area contributed by atoms with Crippen molar-refractivity contribution < 1.29 is 24.6 Å². The van der Waals surface area contributed by atoms with Gasteiger partial charge in [0, 0.05) is 30.0 Å². The second-order valence-electron chi connectivity index (χ2n) is 11.3. The summed E-state index contributed by atoms with van der Waals surface area (Å²) >= 11 is 5.42. The monoisotopic (exact) mass is 824 g/mol. The Morgan fingerprint density at radius 2 is 1.09 bits per heavy atom. The van der Waals surface area contributed by atoms with Crippen LogP contribution in [0, 0.1) is 68.4 Å². The zero-order chi connectivity index (χ0) is 33.5. The van der Waals surface area contributed by atoms with E-state index in [1.165, 1.54) is 22.3 Å². The van der Waals surface area contributed by atoms with E-state index in [0.29, 0.717) is 5.56 Å². The Balaban J connectivity index is 0.000000190. The predicted molar refractivity (Wildman–Crippen MR) is 184 cm³/mol. The molecule has 0 saturated carbocycles. The number of pyridine rings is 3. The van der Waals surface area contributed by atoms with Gasteiger partial charge >= 0.3 is 19.8 Å². The van der Waals surface area contributed by atoms with Crippen molar-refractivity contribution in [3.63, 3.8) is 0 Å². The molecule has 0 spiro atoms. The summed E-state index contributed by atoms with van der Waals surface area (Å²) in [5.74, 6) is 1.78. The summed E-state index contributed by atoms with van der Waals surface area (Å²) in [6.45, 7) is 18.5. The minimum Gasteiger partial charge on any atom is -0.305 e. The fourth-order valence-electron chi connectivity index (χ4n) is 4.58. The molecule has 6 rings (SSSR count). The number of aromatic nitrogens is 7. The summed E-state index contributed by atoms with van der Waals surface area (Å²) in [5, 5.41) is 8.48. The van der Waals surface area contributed by atoms with Crippen LogP contribution in [-0.4, -0.2) is 39.8 Å². The molecule has 1 radical (unpaired) electrons. The average molecular weight is 823 g/mol. The van der Waals surface area contributed by atoms with E-state index in [9.17, 15) is 4.79 Å². The summed E-state index contributed by atoms with van der Waals surface area (Å²) in [6, 6.07) is 19.9. The Morgan fingerprint density at radius 1 is 0.638 bits per heavy atom. The maximum Gasteiger partial charge on any atom is 1.00 e. The van der Waals surface area contributed by atoms with E-state index in [1.807, 2.05) is 78.9 Å². The van der Waals surface area contributed by atoms with Crippen molar-refractivity contribution in [1.29, 1.82) is 0 Å². The van der Waals surface area contributed by atoms with Gasteiger partial charge in [0.1, 0.15) is 0 Å². The minimum atomic E-state index is -0.470. The zero-order valence-corrected chi connectivity index (χ0v) is 31.5. The second-order valence-corrected chi connectivity index (χ2v) is 11.6. The number of halogens is 1. The molecule has 243 valence electrons. The van der Waals surface area contributed by atoms with Gasteiger partial charge in [0.25, 0.3) is 0 Å². The Labute approximate surface area is 295 Å². The Morgan fingerprint density at radius 3 is 1.47 bits per heavy atom. The summed E-state index contributed by atoms with van der Waals surface area (Å²) in [7, 11) is 0. The van der Waals surface area contributed by atoms with Gasteiger partial charge in [-0.1, -0.05) is 11.6 Å². The van der Waals surface area contributed by atoms with Crippen molar-refractivity contribution in [1.82, 2.24) is 34.5 Å². The Bertz CT molecular complexity index is 1900. The SMILES string of the molecule is Cc1ccnc(-c2[c-]ccc(C(=O)Cl)c2)c1.Cc1ccnc(-n2nc(C)c(C)c2C)c1.Cc1ccnc(-n2nc(C)c(C)c2C)c1.[Os+]. The van der Waals surface area contributed by atoms with E-state index in [-0.39, 0.29) is 19.8 Å². The van der Waals surface area contributed by atoms with Crippen LogP contribution in [0.5, 0.6) is 0 Å². The quantitative estimate of drug-likeness (QED) is 0.132. The molecule has 8 nitrogen and oxygen atoms in total. The molecule has 0 amide bonds.